The van der Waals surface area contributed by atoms with E-state index in [1.165, 1.54) is 12.1 Å². The number of β-amino-alcohol motifs (C(OH)–C–C–N with tert-alkyl or cyclic N) is 1. The van der Waals surface area contributed by atoms with E-state index in [0.717, 1.165) is 34.8 Å². The maximum Gasteiger partial charge on any atom is 0.123 e. The van der Waals surface area contributed by atoms with Gasteiger partial charge < -0.3 is 15.0 Å². The van der Waals surface area contributed by atoms with Crippen LogP contribution in [0.1, 0.15) is 12.5 Å². The zero-order valence-corrected chi connectivity index (χ0v) is 13.9. The third-order valence-corrected chi connectivity index (χ3v) is 4.71. The number of aromatic nitrogens is 1. The van der Waals surface area contributed by atoms with Crippen LogP contribution >= 0.6 is 24.0 Å². The Morgan fingerprint density at radius 3 is 2.57 bits per heavy atom. The van der Waals surface area contributed by atoms with Crippen molar-refractivity contribution in [3.05, 3.63) is 47.2 Å². The first-order valence-electron chi connectivity index (χ1n) is 7.42. The summed E-state index contributed by atoms with van der Waals surface area (Å²) < 4.78 is 15.8. The first kappa shape index (κ1) is 16.5. The predicted molar refractivity (Wildman–Crippen MR) is 94.2 cm³/mol. The van der Waals surface area contributed by atoms with Crippen molar-refractivity contribution in [2.24, 2.45) is 0 Å². The van der Waals surface area contributed by atoms with Crippen LogP contribution in [0, 0.1) is 5.82 Å². The molecule has 0 radical (unpaired) electrons. The third-order valence-electron chi connectivity index (χ3n) is 4.47. The Kier molecular flexibility index (Phi) is 4.52. The highest BCUT2D eigenvalue weighted by molar-refractivity contribution is 6.31. The minimum Gasteiger partial charge on any atom is -0.390 e. The van der Waals surface area contributed by atoms with Crippen LogP contribution in [0.2, 0.25) is 5.02 Å². The van der Waals surface area contributed by atoms with Crippen molar-refractivity contribution in [2.45, 2.75) is 18.6 Å². The van der Waals surface area contributed by atoms with Crippen molar-refractivity contribution < 1.29 is 9.50 Å². The molecule has 122 valence electrons. The molecule has 2 heterocycles. The van der Waals surface area contributed by atoms with Crippen LogP contribution in [0.3, 0.4) is 0 Å². The zero-order valence-electron chi connectivity index (χ0n) is 12.3. The summed E-state index contributed by atoms with van der Waals surface area (Å²) in [5, 5.41) is 16.0. The van der Waals surface area contributed by atoms with E-state index in [1.807, 2.05) is 18.2 Å². The predicted octanol–water partition coefficient (Wildman–Crippen LogP) is 3.90. The van der Waals surface area contributed by atoms with Crippen LogP contribution in [0.4, 0.5) is 4.39 Å². The Bertz CT molecular complexity index is 805. The summed E-state index contributed by atoms with van der Waals surface area (Å²) in [6.07, 6.45) is 0.369. The fraction of sp³-hybridized carbons (Fsp3) is 0.294. The number of benzene rings is 2. The molecule has 1 saturated heterocycles. The fourth-order valence-corrected chi connectivity index (χ4v) is 3.66. The van der Waals surface area contributed by atoms with Gasteiger partial charge in [-0.1, -0.05) is 11.6 Å². The highest BCUT2D eigenvalue weighted by Crippen LogP contribution is 2.36. The minimum atomic E-state index is -0.465. The van der Waals surface area contributed by atoms with E-state index in [2.05, 4.69) is 9.88 Å². The standard InChI is InChI=1S/C17H16ClFN2O.ClH/c18-10-1-3-14-12(7-10)13-8-11(19)2-4-15(13)21(14)16-5-6-20-9-17(16)22;/h1-4,7-8,16-17,20,22H,5-6,9H2;1H/t16-,17-;/m1./s1. The molecule has 23 heavy (non-hydrogen) atoms. The fourth-order valence-electron chi connectivity index (χ4n) is 3.48. The number of fused-ring (bicyclic) bond motifs is 3. The molecule has 0 bridgehead atoms. The minimum absolute atomic E-state index is 0. The Labute approximate surface area is 144 Å². The Morgan fingerprint density at radius 2 is 1.83 bits per heavy atom. The molecule has 2 atom stereocenters. The molecule has 4 rings (SSSR count). The molecule has 1 aliphatic rings. The highest BCUT2D eigenvalue weighted by Gasteiger charge is 2.27. The van der Waals surface area contributed by atoms with Crippen LogP contribution in [-0.2, 0) is 0 Å². The molecule has 0 aliphatic carbocycles. The van der Waals surface area contributed by atoms with E-state index in [9.17, 15) is 9.50 Å². The molecule has 3 nitrogen and oxygen atoms in total. The molecule has 0 unspecified atom stereocenters. The summed E-state index contributed by atoms with van der Waals surface area (Å²) in [4.78, 5) is 0. The molecule has 1 aliphatic heterocycles. The first-order chi connectivity index (χ1) is 10.6. The molecule has 0 spiro atoms. The number of rotatable bonds is 1. The van der Waals surface area contributed by atoms with Gasteiger partial charge in [0.2, 0.25) is 0 Å². The summed E-state index contributed by atoms with van der Waals surface area (Å²) >= 11 is 6.12. The molecular formula is C17H17Cl2FN2O. The molecule has 0 saturated carbocycles. The van der Waals surface area contributed by atoms with Gasteiger partial charge in [-0.05, 0) is 49.4 Å². The number of aliphatic hydroxyl groups excluding tert-OH is 1. The van der Waals surface area contributed by atoms with Gasteiger partial charge in [0, 0.05) is 33.4 Å². The van der Waals surface area contributed by atoms with Crippen molar-refractivity contribution in [2.75, 3.05) is 13.1 Å². The summed E-state index contributed by atoms with van der Waals surface area (Å²) in [6.45, 7) is 1.43. The van der Waals surface area contributed by atoms with Crippen molar-refractivity contribution >= 4 is 45.8 Å². The summed E-state index contributed by atoms with van der Waals surface area (Å²) in [5.41, 5.74) is 1.92. The maximum atomic E-state index is 13.7. The monoisotopic (exact) mass is 354 g/mol. The van der Waals surface area contributed by atoms with E-state index in [4.69, 9.17) is 11.6 Å². The van der Waals surface area contributed by atoms with Crippen LogP contribution in [-0.4, -0.2) is 28.9 Å². The van der Waals surface area contributed by atoms with E-state index < -0.39 is 6.10 Å². The van der Waals surface area contributed by atoms with Crippen LogP contribution in [0.15, 0.2) is 36.4 Å². The lowest BCUT2D eigenvalue weighted by Crippen LogP contribution is -2.41. The molecule has 3 aromatic rings. The molecule has 6 heteroatoms. The lowest BCUT2D eigenvalue weighted by molar-refractivity contribution is 0.0913. The van der Waals surface area contributed by atoms with Gasteiger partial charge in [-0.25, -0.2) is 4.39 Å². The number of nitrogens with zero attached hydrogens (tertiary/aromatic N) is 1. The third kappa shape index (κ3) is 2.70. The topological polar surface area (TPSA) is 37.2 Å². The molecule has 1 fully saturated rings. The molecular weight excluding hydrogens is 338 g/mol. The largest absolute Gasteiger partial charge is 0.390 e. The number of hydrogen-bond donors (Lipinski definition) is 2. The van der Waals surface area contributed by atoms with Crippen LogP contribution in [0.5, 0.6) is 0 Å². The molecule has 1 aromatic heterocycles. The number of aliphatic hydroxyl groups is 1. The number of hydrogen-bond acceptors (Lipinski definition) is 2. The van der Waals surface area contributed by atoms with Gasteiger partial charge in [0.05, 0.1) is 12.1 Å². The van der Waals surface area contributed by atoms with Crippen LogP contribution < -0.4 is 5.32 Å². The Balaban J connectivity index is 0.00000156. The van der Waals surface area contributed by atoms with Gasteiger partial charge in [-0.2, -0.15) is 0 Å². The van der Waals surface area contributed by atoms with Crippen molar-refractivity contribution in [3.8, 4) is 0 Å². The summed E-state index contributed by atoms with van der Waals surface area (Å²) in [5.74, 6) is -0.266. The molecule has 2 N–H and O–H groups in total. The average molecular weight is 355 g/mol. The van der Waals surface area contributed by atoms with Gasteiger partial charge in [-0.3, -0.25) is 0 Å². The normalized spacial score (nSPS) is 21.5. The Morgan fingerprint density at radius 1 is 1.13 bits per heavy atom. The lowest BCUT2D eigenvalue weighted by Gasteiger charge is -2.31. The molecule has 0 amide bonds. The van der Waals surface area contributed by atoms with Gasteiger partial charge in [0.15, 0.2) is 0 Å². The lowest BCUT2D eigenvalue weighted by atomic mass is 10.0. The second-order valence-corrected chi connectivity index (χ2v) is 6.26. The number of halogens is 3. The second-order valence-electron chi connectivity index (χ2n) is 5.82. The molecule has 2 aromatic carbocycles. The van der Waals surface area contributed by atoms with Gasteiger partial charge >= 0.3 is 0 Å². The van der Waals surface area contributed by atoms with Crippen molar-refractivity contribution in [1.82, 2.24) is 9.88 Å². The zero-order chi connectivity index (χ0) is 15.3. The van der Waals surface area contributed by atoms with Gasteiger partial charge in [0.25, 0.3) is 0 Å². The number of piperidine rings is 1. The van der Waals surface area contributed by atoms with Crippen molar-refractivity contribution in [3.63, 3.8) is 0 Å². The second kappa shape index (κ2) is 6.29. The van der Waals surface area contributed by atoms with E-state index in [1.54, 1.807) is 6.07 Å². The van der Waals surface area contributed by atoms with E-state index in [0.29, 0.717) is 11.6 Å². The van der Waals surface area contributed by atoms with Gasteiger partial charge in [-0.15, -0.1) is 12.4 Å². The van der Waals surface area contributed by atoms with Gasteiger partial charge in [0.1, 0.15) is 5.82 Å². The number of nitrogens with one attached hydrogen (secondary N) is 1. The Hall–Kier alpha value is -1.33. The summed E-state index contributed by atoms with van der Waals surface area (Å²) in [6, 6.07) is 10.4. The van der Waals surface area contributed by atoms with Crippen LogP contribution in [0.25, 0.3) is 21.8 Å². The van der Waals surface area contributed by atoms with E-state index in [-0.39, 0.29) is 24.3 Å². The van der Waals surface area contributed by atoms with E-state index >= 15 is 0 Å². The maximum absolute atomic E-state index is 13.7. The smallest absolute Gasteiger partial charge is 0.123 e. The average Bonchev–Trinajstić information content (AvgIpc) is 2.81. The summed E-state index contributed by atoms with van der Waals surface area (Å²) in [7, 11) is 0. The SMILES string of the molecule is Cl.O[C@@H]1CNCC[C@H]1n1c2ccc(F)cc2c2cc(Cl)ccc21. The highest BCUT2D eigenvalue weighted by atomic mass is 35.5. The van der Waals surface area contributed by atoms with Crippen molar-refractivity contribution in [1.29, 1.82) is 0 Å². The quantitative estimate of drug-likeness (QED) is 0.695. The first-order valence-corrected chi connectivity index (χ1v) is 7.80.